The molecule has 2 atom stereocenters. The number of furan rings is 1. The summed E-state index contributed by atoms with van der Waals surface area (Å²) < 4.78 is 10.6. The van der Waals surface area contributed by atoms with Gasteiger partial charge in [0.25, 0.3) is 0 Å². The molecule has 0 N–H and O–H groups in total. The SMILES string of the molecule is CCOC(=O)[C@H]1C(=O)C=C(c2ccco2)C[C@H]1c1ccc(N(C)C)cc1. The molecule has 26 heavy (non-hydrogen) atoms. The highest BCUT2D eigenvalue weighted by molar-refractivity contribution is 6.10. The molecule has 0 bridgehead atoms. The van der Waals surface area contributed by atoms with Crippen molar-refractivity contribution < 1.29 is 18.7 Å². The van der Waals surface area contributed by atoms with E-state index in [1.807, 2.05) is 49.3 Å². The molecule has 1 heterocycles. The van der Waals surface area contributed by atoms with Crippen molar-refractivity contribution in [3.05, 3.63) is 60.1 Å². The molecule has 136 valence electrons. The molecule has 5 heteroatoms. The van der Waals surface area contributed by atoms with Crippen LogP contribution < -0.4 is 4.90 Å². The Bertz CT molecular complexity index is 803. The van der Waals surface area contributed by atoms with Crippen molar-refractivity contribution in [3.8, 4) is 0 Å². The van der Waals surface area contributed by atoms with E-state index in [9.17, 15) is 9.59 Å². The molecule has 0 unspecified atom stereocenters. The van der Waals surface area contributed by atoms with Crippen LogP contribution in [0.15, 0.2) is 53.2 Å². The van der Waals surface area contributed by atoms with Gasteiger partial charge in [0.2, 0.25) is 0 Å². The van der Waals surface area contributed by atoms with Gasteiger partial charge >= 0.3 is 5.97 Å². The second kappa shape index (κ2) is 7.60. The Balaban J connectivity index is 1.98. The number of allylic oxidation sites excluding steroid dienone is 2. The minimum atomic E-state index is -0.820. The van der Waals surface area contributed by atoms with Gasteiger partial charge in [-0.05, 0) is 54.8 Å². The average Bonchev–Trinajstić information content (AvgIpc) is 3.16. The Morgan fingerprint density at radius 1 is 1.23 bits per heavy atom. The second-order valence-electron chi connectivity index (χ2n) is 6.58. The Morgan fingerprint density at radius 3 is 2.54 bits per heavy atom. The molecule has 0 amide bonds. The first kappa shape index (κ1) is 18.0. The number of esters is 1. The van der Waals surface area contributed by atoms with Gasteiger partial charge in [-0.25, -0.2) is 0 Å². The second-order valence-corrected chi connectivity index (χ2v) is 6.58. The largest absolute Gasteiger partial charge is 0.465 e. The van der Waals surface area contributed by atoms with Crippen molar-refractivity contribution in [2.45, 2.75) is 19.3 Å². The van der Waals surface area contributed by atoms with Crippen LogP contribution in [-0.4, -0.2) is 32.5 Å². The number of anilines is 1. The van der Waals surface area contributed by atoms with Gasteiger partial charge < -0.3 is 14.1 Å². The lowest BCUT2D eigenvalue weighted by molar-refractivity contribution is -0.151. The zero-order chi connectivity index (χ0) is 18.7. The molecule has 2 aromatic rings. The first-order valence-corrected chi connectivity index (χ1v) is 8.73. The summed E-state index contributed by atoms with van der Waals surface area (Å²) in [5.41, 5.74) is 2.81. The summed E-state index contributed by atoms with van der Waals surface area (Å²) in [4.78, 5) is 27.2. The molecule has 0 radical (unpaired) electrons. The topological polar surface area (TPSA) is 59.8 Å². The van der Waals surface area contributed by atoms with Gasteiger partial charge in [0, 0.05) is 25.7 Å². The minimum absolute atomic E-state index is 0.234. The average molecular weight is 353 g/mol. The molecule has 0 saturated carbocycles. The lowest BCUT2D eigenvalue weighted by atomic mass is 9.74. The van der Waals surface area contributed by atoms with Gasteiger partial charge in [-0.2, -0.15) is 0 Å². The number of hydrogen-bond acceptors (Lipinski definition) is 5. The summed E-state index contributed by atoms with van der Waals surface area (Å²) in [6.45, 7) is 2.00. The van der Waals surface area contributed by atoms with Crippen LogP contribution in [0.25, 0.3) is 5.57 Å². The summed E-state index contributed by atoms with van der Waals surface area (Å²) in [7, 11) is 3.94. The van der Waals surface area contributed by atoms with Crippen molar-refractivity contribution >= 4 is 23.0 Å². The van der Waals surface area contributed by atoms with Crippen LogP contribution in [0, 0.1) is 5.92 Å². The number of nitrogens with zero attached hydrogens (tertiary/aromatic N) is 1. The number of carbonyl (C=O) groups excluding carboxylic acids is 2. The smallest absolute Gasteiger partial charge is 0.317 e. The standard InChI is InChI=1S/C21H23NO4/c1-4-25-21(24)20-17(14-7-9-16(10-8-14)22(2)3)12-15(13-18(20)23)19-6-5-11-26-19/h5-11,13,17,20H,4,12H2,1-3H3/t17-,20+/m0/s1. The van der Waals surface area contributed by atoms with Crippen LogP contribution in [0.4, 0.5) is 5.69 Å². The van der Waals surface area contributed by atoms with Crippen molar-refractivity contribution in [2.75, 3.05) is 25.6 Å². The van der Waals surface area contributed by atoms with E-state index in [0.717, 1.165) is 16.8 Å². The van der Waals surface area contributed by atoms with E-state index in [2.05, 4.69) is 0 Å². The molecule has 1 aliphatic carbocycles. The van der Waals surface area contributed by atoms with Crippen molar-refractivity contribution in [3.63, 3.8) is 0 Å². The Labute approximate surface area is 153 Å². The van der Waals surface area contributed by atoms with Crippen molar-refractivity contribution in [2.24, 2.45) is 5.92 Å². The molecule has 1 aliphatic rings. The van der Waals surface area contributed by atoms with E-state index in [0.29, 0.717) is 12.2 Å². The minimum Gasteiger partial charge on any atom is -0.465 e. The molecule has 1 aromatic carbocycles. The maximum Gasteiger partial charge on any atom is 0.317 e. The van der Waals surface area contributed by atoms with Gasteiger partial charge in [-0.3, -0.25) is 9.59 Å². The van der Waals surface area contributed by atoms with Crippen molar-refractivity contribution in [1.29, 1.82) is 0 Å². The van der Waals surface area contributed by atoms with Crippen LogP contribution in [-0.2, 0) is 14.3 Å². The van der Waals surface area contributed by atoms with Gasteiger partial charge in [0.15, 0.2) is 5.78 Å². The molecule has 5 nitrogen and oxygen atoms in total. The number of benzene rings is 1. The van der Waals surface area contributed by atoms with Crippen LogP contribution in [0.3, 0.4) is 0 Å². The van der Waals surface area contributed by atoms with Gasteiger partial charge in [0.05, 0.1) is 12.9 Å². The van der Waals surface area contributed by atoms with Crippen LogP contribution in [0.5, 0.6) is 0 Å². The van der Waals surface area contributed by atoms with Crippen molar-refractivity contribution in [1.82, 2.24) is 0 Å². The first-order valence-electron chi connectivity index (χ1n) is 8.73. The van der Waals surface area contributed by atoms with E-state index in [1.165, 1.54) is 6.08 Å². The molecular formula is C21H23NO4. The molecule has 0 fully saturated rings. The maximum atomic E-state index is 12.7. The summed E-state index contributed by atoms with van der Waals surface area (Å²) >= 11 is 0. The van der Waals surface area contributed by atoms with E-state index >= 15 is 0 Å². The number of ether oxygens (including phenoxy) is 1. The van der Waals surface area contributed by atoms with Gasteiger partial charge in [-0.1, -0.05) is 12.1 Å². The summed E-state index contributed by atoms with van der Waals surface area (Å²) in [6, 6.07) is 11.6. The van der Waals surface area contributed by atoms with E-state index in [-0.39, 0.29) is 18.3 Å². The zero-order valence-corrected chi connectivity index (χ0v) is 15.3. The maximum absolute atomic E-state index is 12.7. The highest BCUT2D eigenvalue weighted by atomic mass is 16.5. The van der Waals surface area contributed by atoms with Crippen LogP contribution >= 0.6 is 0 Å². The highest BCUT2D eigenvalue weighted by Crippen LogP contribution is 2.40. The third kappa shape index (κ3) is 3.57. The molecule has 0 spiro atoms. The number of carbonyl (C=O) groups is 2. The molecule has 0 aliphatic heterocycles. The first-order chi connectivity index (χ1) is 12.5. The molecular weight excluding hydrogens is 330 g/mol. The number of hydrogen-bond donors (Lipinski definition) is 0. The Morgan fingerprint density at radius 2 is 1.96 bits per heavy atom. The molecule has 1 aromatic heterocycles. The monoisotopic (exact) mass is 353 g/mol. The van der Waals surface area contributed by atoms with Gasteiger partial charge in [-0.15, -0.1) is 0 Å². The summed E-state index contributed by atoms with van der Waals surface area (Å²) in [5.74, 6) is -1.13. The predicted molar refractivity (Wildman–Crippen MR) is 99.9 cm³/mol. The zero-order valence-electron chi connectivity index (χ0n) is 15.3. The third-order valence-electron chi connectivity index (χ3n) is 4.68. The van der Waals surface area contributed by atoms with E-state index in [4.69, 9.17) is 9.15 Å². The fourth-order valence-electron chi connectivity index (χ4n) is 3.35. The highest BCUT2D eigenvalue weighted by Gasteiger charge is 2.40. The van der Waals surface area contributed by atoms with Crippen LogP contribution in [0.2, 0.25) is 0 Å². The fraction of sp³-hybridized carbons (Fsp3) is 0.333. The summed E-state index contributed by atoms with van der Waals surface area (Å²) in [6.07, 6.45) is 3.65. The molecule has 0 saturated heterocycles. The normalized spacial score (nSPS) is 19.8. The third-order valence-corrected chi connectivity index (χ3v) is 4.68. The lowest BCUT2D eigenvalue weighted by Gasteiger charge is -2.29. The fourth-order valence-corrected chi connectivity index (χ4v) is 3.35. The predicted octanol–water partition coefficient (Wildman–Crippen LogP) is 3.66. The van der Waals surface area contributed by atoms with Crippen LogP contribution in [0.1, 0.15) is 30.6 Å². The Kier molecular flexibility index (Phi) is 5.26. The number of rotatable bonds is 5. The quantitative estimate of drug-likeness (QED) is 0.606. The van der Waals surface area contributed by atoms with E-state index in [1.54, 1.807) is 19.3 Å². The van der Waals surface area contributed by atoms with Gasteiger partial charge in [0.1, 0.15) is 11.7 Å². The summed E-state index contributed by atoms with van der Waals surface area (Å²) in [5, 5.41) is 0. The Hall–Kier alpha value is -2.82. The number of ketones is 1. The van der Waals surface area contributed by atoms with E-state index < -0.39 is 11.9 Å². The molecule has 3 rings (SSSR count). The lowest BCUT2D eigenvalue weighted by Crippen LogP contribution is -2.34.